The maximum Gasteiger partial charge on any atom is 0.229 e. The average Bonchev–Trinajstić information content (AvgIpc) is 2.64. The van der Waals surface area contributed by atoms with E-state index < -0.39 is 5.82 Å². The van der Waals surface area contributed by atoms with E-state index in [0.29, 0.717) is 29.4 Å². The van der Waals surface area contributed by atoms with Gasteiger partial charge in [-0.15, -0.1) is 0 Å². The van der Waals surface area contributed by atoms with Crippen molar-refractivity contribution in [2.24, 2.45) is 4.99 Å². The molecule has 2 heterocycles. The van der Waals surface area contributed by atoms with Crippen LogP contribution in [0, 0.1) is 5.82 Å². The third-order valence-electron chi connectivity index (χ3n) is 3.61. The molecule has 0 unspecified atom stereocenters. The van der Waals surface area contributed by atoms with Crippen LogP contribution in [0.2, 0.25) is 0 Å². The SMILES string of the molecule is Oc1cccc(Nc2nc(Nc3ccc4c(c3)N=CCO4)ncc2F)c1. The number of nitrogens with one attached hydrogen (secondary N) is 2. The number of ether oxygens (including phenoxy) is 1. The van der Waals surface area contributed by atoms with E-state index in [1.165, 1.54) is 12.1 Å². The number of fused-ring (bicyclic) bond motifs is 1. The maximum atomic E-state index is 14.0. The van der Waals surface area contributed by atoms with Crippen LogP contribution >= 0.6 is 0 Å². The molecular formula is C18H14FN5O2. The van der Waals surface area contributed by atoms with Crippen molar-refractivity contribution in [3.05, 3.63) is 54.5 Å². The van der Waals surface area contributed by atoms with Gasteiger partial charge in [0.2, 0.25) is 5.95 Å². The summed E-state index contributed by atoms with van der Waals surface area (Å²) in [5.74, 6) is 0.369. The second-order valence-electron chi connectivity index (χ2n) is 5.50. The molecule has 0 fully saturated rings. The number of rotatable bonds is 4. The van der Waals surface area contributed by atoms with Crippen molar-refractivity contribution < 1.29 is 14.2 Å². The lowest BCUT2D eigenvalue weighted by Crippen LogP contribution is -2.05. The predicted octanol–water partition coefficient (Wildman–Crippen LogP) is 3.90. The standard InChI is InChI=1S/C18H14FN5O2/c19-14-10-21-18(24-17(14)22-11-2-1-3-13(25)8-11)23-12-4-5-16-15(9-12)20-6-7-26-16/h1-6,8-10,25H,7H2,(H2,21,22,23,24). The summed E-state index contributed by atoms with van der Waals surface area (Å²) in [6.07, 6.45) is 2.75. The Hall–Kier alpha value is -3.68. The van der Waals surface area contributed by atoms with Gasteiger partial charge in [-0.25, -0.2) is 9.37 Å². The van der Waals surface area contributed by atoms with Crippen LogP contribution in [0.4, 0.5) is 33.2 Å². The van der Waals surface area contributed by atoms with E-state index in [4.69, 9.17) is 4.74 Å². The maximum absolute atomic E-state index is 14.0. The van der Waals surface area contributed by atoms with Crippen molar-refractivity contribution in [1.29, 1.82) is 0 Å². The zero-order valence-electron chi connectivity index (χ0n) is 13.5. The molecule has 2 aromatic carbocycles. The molecule has 4 rings (SSSR count). The number of phenolic OH excluding ortho intramolecular Hbond substituents is 1. The fourth-order valence-corrected chi connectivity index (χ4v) is 2.45. The molecule has 1 aliphatic rings. The number of hydrogen-bond acceptors (Lipinski definition) is 7. The van der Waals surface area contributed by atoms with Gasteiger partial charge < -0.3 is 20.5 Å². The van der Waals surface area contributed by atoms with E-state index in [1.807, 2.05) is 0 Å². The summed E-state index contributed by atoms with van der Waals surface area (Å²) in [7, 11) is 0. The van der Waals surface area contributed by atoms with E-state index in [-0.39, 0.29) is 17.5 Å². The molecule has 26 heavy (non-hydrogen) atoms. The molecule has 1 aliphatic heterocycles. The topological polar surface area (TPSA) is 91.7 Å². The number of aromatic hydroxyl groups is 1. The van der Waals surface area contributed by atoms with Crippen LogP contribution in [0.1, 0.15) is 0 Å². The van der Waals surface area contributed by atoms with E-state index >= 15 is 0 Å². The lowest BCUT2D eigenvalue weighted by atomic mass is 10.2. The molecule has 0 spiro atoms. The van der Waals surface area contributed by atoms with E-state index in [9.17, 15) is 9.50 Å². The van der Waals surface area contributed by atoms with E-state index in [0.717, 1.165) is 6.20 Å². The zero-order valence-corrected chi connectivity index (χ0v) is 13.5. The minimum Gasteiger partial charge on any atom is -0.508 e. The van der Waals surface area contributed by atoms with Gasteiger partial charge >= 0.3 is 0 Å². The van der Waals surface area contributed by atoms with Crippen LogP contribution in [0.3, 0.4) is 0 Å². The summed E-state index contributed by atoms with van der Waals surface area (Å²) in [5.41, 5.74) is 1.90. The Bertz CT molecular complexity index is 993. The second kappa shape index (κ2) is 6.67. The number of aliphatic imine (C=N–C) groups is 1. The molecule has 8 heteroatoms. The summed E-state index contributed by atoms with van der Waals surface area (Å²) in [6, 6.07) is 11.7. The highest BCUT2D eigenvalue weighted by molar-refractivity contribution is 5.74. The van der Waals surface area contributed by atoms with Crippen LogP contribution in [0.25, 0.3) is 0 Å². The molecule has 1 aromatic heterocycles. The van der Waals surface area contributed by atoms with Crippen LogP contribution in [0.5, 0.6) is 11.5 Å². The van der Waals surface area contributed by atoms with Crippen LogP contribution in [-0.2, 0) is 0 Å². The summed E-state index contributed by atoms with van der Waals surface area (Å²) in [5, 5.41) is 15.3. The lowest BCUT2D eigenvalue weighted by molar-refractivity contribution is 0.377. The normalized spacial score (nSPS) is 12.2. The van der Waals surface area contributed by atoms with Crippen LogP contribution in [-0.4, -0.2) is 27.9 Å². The minimum absolute atomic E-state index is 0.00702. The van der Waals surface area contributed by atoms with Crippen LogP contribution < -0.4 is 15.4 Å². The van der Waals surface area contributed by atoms with E-state index in [1.54, 1.807) is 36.5 Å². The Labute approximate surface area is 148 Å². The molecule has 0 amide bonds. The van der Waals surface area contributed by atoms with Gasteiger partial charge in [-0.3, -0.25) is 4.99 Å². The third kappa shape index (κ3) is 3.39. The van der Waals surface area contributed by atoms with Crippen molar-refractivity contribution in [2.45, 2.75) is 0 Å². The number of benzene rings is 2. The zero-order chi connectivity index (χ0) is 17.9. The first-order valence-electron chi connectivity index (χ1n) is 7.82. The Morgan fingerprint density at radius 1 is 1.08 bits per heavy atom. The van der Waals surface area contributed by atoms with Gasteiger partial charge in [-0.2, -0.15) is 4.98 Å². The first-order valence-corrected chi connectivity index (χ1v) is 7.82. The molecule has 0 aliphatic carbocycles. The largest absolute Gasteiger partial charge is 0.508 e. The highest BCUT2D eigenvalue weighted by atomic mass is 19.1. The van der Waals surface area contributed by atoms with Crippen LogP contribution in [0.15, 0.2) is 53.7 Å². The first kappa shape index (κ1) is 15.8. The van der Waals surface area contributed by atoms with Gasteiger partial charge in [0.1, 0.15) is 23.8 Å². The quantitative estimate of drug-likeness (QED) is 0.660. The first-order chi connectivity index (χ1) is 12.7. The van der Waals surface area contributed by atoms with Crippen molar-refractivity contribution in [2.75, 3.05) is 17.2 Å². The Balaban J connectivity index is 1.57. The van der Waals surface area contributed by atoms with Gasteiger partial charge in [0.25, 0.3) is 0 Å². The fourth-order valence-electron chi connectivity index (χ4n) is 2.45. The molecular weight excluding hydrogens is 337 g/mol. The molecule has 0 radical (unpaired) electrons. The molecule has 7 nitrogen and oxygen atoms in total. The summed E-state index contributed by atoms with van der Waals surface area (Å²) in [6.45, 7) is 0.449. The van der Waals surface area contributed by atoms with Gasteiger partial charge in [0.05, 0.1) is 6.20 Å². The third-order valence-corrected chi connectivity index (χ3v) is 3.61. The molecule has 0 saturated heterocycles. The Kier molecular flexibility index (Phi) is 4.06. The molecule has 0 bridgehead atoms. The number of phenols is 1. The molecule has 0 saturated carbocycles. The average molecular weight is 351 g/mol. The van der Waals surface area contributed by atoms with E-state index in [2.05, 4.69) is 25.6 Å². The van der Waals surface area contributed by atoms with Crippen molar-refractivity contribution in [3.8, 4) is 11.5 Å². The van der Waals surface area contributed by atoms with Gasteiger partial charge in [-0.1, -0.05) is 6.07 Å². The number of anilines is 4. The molecule has 0 atom stereocenters. The Morgan fingerprint density at radius 3 is 2.85 bits per heavy atom. The van der Waals surface area contributed by atoms with Crippen molar-refractivity contribution >= 4 is 35.0 Å². The van der Waals surface area contributed by atoms with Crippen molar-refractivity contribution in [3.63, 3.8) is 0 Å². The van der Waals surface area contributed by atoms with Gasteiger partial charge in [0.15, 0.2) is 11.6 Å². The highest BCUT2D eigenvalue weighted by Gasteiger charge is 2.11. The second-order valence-corrected chi connectivity index (χ2v) is 5.50. The lowest BCUT2D eigenvalue weighted by Gasteiger charge is -2.13. The fraction of sp³-hybridized carbons (Fsp3) is 0.0556. The molecule has 3 aromatic rings. The smallest absolute Gasteiger partial charge is 0.229 e. The highest BCUT2D eigenvalue weighted by Crippen LogP contribution is 2.33. The molecule has 130 valence electrons. The molecule has 3 N–H and O–H groups in total. The van der Waals surface area contributed by atoms with Gasteiger partial charge in [-0.05, 0) is 30.3 Å². The predicted molar refractivity (Wildman–Crippen MR) is 96.8 cm³/mol. The summed E-state index contributed by atoms with van der Waals surface area (Å²) in [4.78, 5) is 12.4. The number of hydrogen-bond donors (Lipinski definition) is 3. The Morgan fingerprint density at radius 2 is 1.96 bits per heavy atom. The number of nitrogens with zero attached hydrogens (tertiary/aromatic N) is 3. The summed E-state index contributed by atoms with van der Waals surface area (Å²) < 4.78 is 19.5. The number of halogens is 1. The number of aromatic nitrogens is 2. The van der Waals surface area contributed by atoms with Crippen molar-refractivity contribution in [1.82, 2.24) is 9.97 Å². The summed E-state index contributed by atoms with van der Waals surface area (Å²) >= 11 is 0. The monoisotopic (exact) mass is 351 g/mol. The minimum atomic E-state index is -0.609. The van der Waals surface area contributed by atoms with Gasteiger partial charge in [0, 0.05) is 23.7 Å².